The number of nitrogens with one attached hydrogen (secondary N) is 3. The van der Waals surface area contributed by atoms with Crippen LogP contribution in [0, 0.1) is 0 Å². The Bertz CT molecular complexity index is 846. The van der Waals surface area contributed by atoms with Crippen LogP contribution in [-0.4, -0.2) is 58.4 Å². The molecule has 0 radical (unpaired) electrons. The van der Waals surface area contributed by atoms with Gasteiger partial charge in [-0.2, -0.15) is 0 Å². The number of anilines is 1. The fraction of sp³-hybridized carbons (Fsp3) is 0.348. The number of piperazine rings is 1. The molecule has 0 unspecified atom stereocenters. The van der Waals surface area contributed by atoms with Crippen LogP contribution in [0.15, 0.2) is 54.6 Å². The molecule has 2 aromatic carbocycles. The lowest BCUT2D eigenvalue weighted by molar-refractivity contribution is -1.01. The monoisotopic (exact) mass is 395 g/mol. The zero-order valence-electron chi connectivity index (χ0n) is 16.7. The van der Waals surface area contributed by atoms with Gasteiger partial charge in [0.15, 0.2) is 18.0 Å². The first-order valence-electron chi connectivity index (χ1n) is 10.3. The second-order valence-corrected chi connectivity index (χ2v) is 7.60. The molecule has 152 valence electrons. The van der Waals surface area contributed by atoms with Gasteiger partial charge in [-0.25, -0.2) is 0 Å². The zero-order valence-corrected chi connectivity index (χ0v) is 16.7. The number of hydrogen-bond donors (Lipinski definition) is 3. The smallest absolute Gasteiger partial charge is 0.279 e. The number of hydrogen-bond acceptors (Lipinski definition) is 3. The normalized spacial score (nSPS) is 21.1. The summed E-state index contributed by atoms with van der Waals surface area (Å²) in [5.74, 6) is 1.48. The Morgan fingerprint density at radius 1 is 0.931 bits per heavy atom. The van der Waals surface area contributed by atoms with Crippen molar-refractivity contribution in [1.29, 1.82) is 0 Å². The van der Waals surface area contributed by atoms with Crippen LogP contribution in [-0.2, 0) is 4.79 Å². The molecule has 0 saturated carbocycles. The Balaban J connectivity index is 1.19. The van der Waals surface area contributed by atoms with Crippen LogP contribution < -0.4 is 24.6 Å². The summed E-state index contributed by atoms with van der Waals surface area (Å²) >= 11 is 0. The van der Waals surface area contributed by atoms with E-state index < -0.39 is 0 Å². The van der Waals surface area contributed by atoms with E-state index in [1.165, 1.54) is 10.5 Å². The summed E-state index contributed by atoms with van der Waals surface area (Å²) in [5.41, 5.74) is 2.00. The van der Waals surface area contributed by atoms with E-state index in [2.05, 4.69) is 41.7 Å². The molecular weight excluding hydrogens is 366 g/mol. The lowest BCUT2D eigenvalue weighted by Gasteiger charge is -2.28. The van der Waals surface area contributed by atoms with Crippen molar-refractivity contribution >= 4 is 17.7 Å². The highest BCUT2D eigenvalue weighted by molar-refractivity contribution is 5.91. The van der Waals surface area contributed by atoms with E-state index in [0.717, 1.165) is 44.2 Å². The number of fused-ring (bicyclic) bond motifs is 1. The van der Waals surface area contributed by atoms with Crippen molar-refractivity contribution in [1.82, 2.24) is 0 Å². The minimum absolute atomic E-state index is 0.0455. The van der Waals surface area contributed by atoms with Gasteiger partial charge in [0.1, 0.15) is 39.4 Å². The Labute approximate surface area is 171 Å². The highest BCUT2D eigenvalue weighted by atomic mass is 16.6. The van der Waals surface area contributed by atoms with Gasteiger partial charge in [-0.05, 0) is 23.8 Å². The summed E-state index contributed by atoms with van der Waals surface area (Å²) in [4.78, 5) is 15.4. The van der Waals surface area contributed by atoms with Crippen LogP contribution in [0.1, 0.15) is 5.56 Å². The van der Waals surface area contributed by atoms with Crippen LogP contribution in [0.3, 0.4) is 0 Å². The van der Waals surface area contributed by atoms with Crippen molar-refractivity contribution < 1.29 is 24.1 Å². The minimum Gasteiger partial charge on any atom is -0.486 e. The zero-order chi connectivity index (χ0) is 19.9. The summed E-state index contributed by atoms with van der Waals surface area (Å²) in [6, 6.07) is 15.9. The van der Waals surface area contributed by atoms with E-state index in [0.29, 0.717) is 25.5 Å². The van der Waals surface area contributed by atoms with E-state index in [-0.39, 0.29) is 5.91 Å². The maximum Gasteiger partial charge on any atom is 0.279 e. The summed E-state index contributed by atoms with van der Waals surface area (Å²) in [5, 5.41) is 2.99. The van der Waals surface area contributed by atoms with E-state index in [4.69, 9.17) is 9.47 Å². The number of ether oxygens (including phenoxy) is 2. The van der Waals surface area contributed by atoms with Gasteiger partial charge in [0, 0.05) is 11.8 Å². The van der Waals surface area contributed by atoms with Crippen molar-refractivity contribution in [3.63, 3.8) is 0 Å². The second-order valence-electron chi connectivity index (χ2n) is 7.60. The second kappa shape index (κ2) is 9.58. The van der Waals surface area contributed by atoms with E-state index in [1.807, 2.05) is 24.3 Å². The molecule has 1 fully saturated rings. The Morgan fingerprint density at radius 3 is 2.45 bits per heavy atom. The van der Waals surface area contributed by atoms with Crippen molar-refractivity contribution in [2.75, 3.05) is 57.8 Å². The molecule has 4 rings (SSSR count). The fourth-order valence-electron chi connectivity index (χ4n) is 3.82. The van der Waals surface area contributed by atoms with Gasteiger partial charge in [0.2, 0.25) is 0 Å². The predicted molar refractivity (Wildman–Crippen MR) is 113 cm³/mol. The first-order valence-corrected chi connectivity index (χ1v) is 10.3. The fourth-order valence-corrected chi connectivity index (χ4v) is 3.82. The topological polar surface area (TPSA) is 56.4 Å². The first kappa shape index (κ1) is 19.5. The van der Waals surface area contributed by atoms with Crippen molar-refractivity contribution in [3.8, 4) is 11.5 Å². The predicted octanol–water partition coefficient (Wildman–Crippen LogP) is -0.107. The minimum atomic E-state index is 0.0455. The SMILES string of the molecule is O=C(C[NH+]1CC[NH+](C/C=C/c2ccccc2)CC1)Nc1ccc2c(c1)OCCO2. The molecule has 29 heavy (non-hydrogen) atoms. The van der Waals surface area contributed by atoms with Crippen LogP contribution >= 0.6 is 0 Å². The summed E-state index contributed by atoms with van der Waals surface area (Å²) in [6.07, 6.45) is 4.44. The van der Waals surface area contributed by atoms with Gasteiger partial charge in [-0.3, -0.25) is 4.79 Å². The largest absolute Gasteiger partial charge is 0.486 e. The van der Waals surface area contributed by atoms with Gasteiger partial charge in [-0.1, -0.05) is 36.4 Å². The number of carbonyl (C=O) groups is 1. The van der Waals surface area contributed by atoms with Crippen LogP contribution in [0.2, 0.25) is 0 Å². The highest BCUT2D eigenvalue weighted by Crippen LogP contribution is 2.32. The average Bonchev–Trinajstić information content (AvgIpc) is 2.75. The molecule has 1 amide bonds. The van der Waals surface area contributed by atoms with E-state index in [1.54, 1.807) is 4.90 Å². The quantitative estimate of drug-likeness (QED) is 0.640. The van der Waals surface area contributed by atoms with Crippen LogP contribution in [0.25, 0.3) is 6.08 Å². The van der Waals surface area contributed by atoms with Gasteiger partial charge in [0.25, 0.3) is 5.91 Å². The Hall–Kier alpha value is -2.83. The van der Waals surface area contributed by atoms with Gasteiger partial charge < -0.3 is 24.6 Å². The standard InChI is InChI=1S/C23H27N3O3/c27-23(24-20-8-9-21-22(17-20)29-16-15-28-21)18-26-13-11-25(12-14-26)10-4-7-19-5-2-1-3-6-19/h1-9,17H,10-16,18H2,(H,24,27)/p+2/b7-4+. The lowest BCUT2D eigenvalue weighted by atomic mass is 10.2. The molecule has 3 N–H and O–H groups in total. The number of quaternary nitrogens is 2. The third-order valence-electron chi connectivity index (χ3n) is 5.42. The van der Waals surface area contributed by atoms with Gasteiger partial charge >= 0.3 is 0 Å². The summed E-state index contributed by atoms with van der Waals surface area (Å²) in [6.45, 7) is 6.86. The Kier molecular flexibility index (Phi) is 6.44. The summed E-state index contributed by atoms with van der Waals surface area (Å²) < 4.78 is 11.1. The Morgan fingerprint density at radius 2 is 1.66 bits per heavy atom. The lowest BCUT2D eigenvalue weighted by Crippen LogP contribution is -3.28. The van der Waals surface area contributed by atoms with E-state index in [9.17, 15) is 4.79 Å². The van der Waals surface area contributed by atoms with Gasteiger partial charge in [-0.15, -0.1) is 0 Å². The molecule has 6 nitrogen and oxygen atoms in total. The van der Waals surface area contributed by atoms with Crippen LogP contribution in [0.4, 0.5) is 5.69 Å². The highest BCUT2D eigenvalue weighted by Gasteiger charge is 2.24. The molecule has 2 aliphatic rings. The molecule has 0 spiro atoms. The molecule has 6 heteroatoms. The number of rotatable bonds is 6. The number of benzene rings is 2. The van der Waals surface area contributed by atoms with Crippen molar-refractivity contribution in [2.45, 2.75) is 0 Å². The summed E-state index contributed by atoms with van der Waals surface area (Å²) in [7, 11) is 0. The van der Waals surface area contributed by atoms with Crippen LogP contribution in [0.5, 0.6) is 11.5 Å². The molecule has 2 aromatic rings. The number of carbonyl (C=O) groups excluding carboxylic acids is 1. The van der Waals surface area contributed by atoms with E-state index >= 15 is 0 Å². The van der Waals surface area contributed by atoms with Crippen molar-refractivity contribution in [2.24, 2.45) is 0 Å². The third kappa shape index (κ3) is 5.59. The average molecular weight is 396 g/mol. The third-order valence-corrected chi connectivity index (χ3v) is 5.42. The molecule has 0 atom stereocenters. The molecule has 0 bridgehead atoms. The molecular formula is C23H29N3O3+2. The first-order chi connectivity index (χ1) is 14.3. The maximum absolute atomic E-state index is 12.4. The van der Waals surface area contributed by atoms with Gasteiger partial charge in [0.05, 0.1) is 6.54 Å². The molecule has 2 aliphatic heterocycles. The van der Waals surface area contributed by atoms with Crippen molar-refractivity contribution in [3.05, 3.63) is 60.2 Å². The number of amides is 1. The molecule has 2 heterocycles. The molecule has 0 aliphatic carbocycles. The molecule has 1 saturated heterocycles. The molecule has 0 aromatic heterocycles. The maximum atomic E-state index is 12.4.